The minimum absolute atomic E-state index is 0.0899. The van der Waals surface area contributed by atoms with Crippen molar-refractivity contribution in [3.05, 3.63) is 57.6 Å². The Balaban J connectivity index is 1.89. The number of benzene rings is 1. The Morgan fingerprint density at radius 3 is 2.65 bits per heavy atom. The molecule has 0 bridgehead atoms. The van der Waals surface area contributed by atoms with Crippen LogP contribution in [0.25, 0.3) is 5.59 Å². The maximum Gasteiger partial charge on any atom is 0.269 e. The van der Waals surface area contributed by atoms with Crippen LogP contribution >= 0.6 is 0 Å². The van der Waals surface area contributed by atoms with E-state index in [4.69, 9.17) is 10.6 Å². The summed E-state index contributed by atoms with van der Waals surface area (Å²) >= 11 is 0. The molecule has 0 saturated carbocycles. The van der Waals surface area contributed by atoms with Gasteiger partial charge in [0.1, 0.15) is 0 Å². The van der Waals surface area contributed by atoms with Gasteiger partial charge in [0.25, 0.3) is 5.69 Å². The van der Waals surface area contributed by atoms with E-state index >= 15 is 0 Å². The highest BCUT2D eigenvalue weighted by Gasteiger charge is 2.04. The van der Waals surface area contributed by atoms with Crippen molar-refractivity contribution in [1.29, 1.82) is 0 Å². The first-order chi connectivity index (χ1) is 8.15. The van der Waals surface area contributed by atoms with Gasteiger partial charge in [-0.2, -0.15) is 0 Å². The maximum absolute atomic E-state index is 10.5. The smallest absolute Gasteiger partial charge is 0.269 e. The van der Waals surface area contributed by atoms with Gasteiger partial charge in [-0.1, -0.05) is 12.1 Å². The second-order valence-corrected chi connectivity index (χ2v) is 3.54. The summed E-state index contributed by atoms with van der Waals surface area (Å²) in [5.74, 6) is 0.258. The molecule has 0 atom stereocenters. The van der Waals surface area contributed by atoms with Crippen LogP contribution in [0.2, 0.25) is 0 Å². The molecule has 0 aliphatic carbocycles. The van der Waals surface area contributed by atoms with Crippen molar-refractivity contribution in [3.8, 4) is 0 Å². The molecule has 0 unspecified atom stereocenters. The van der Waals surface area contributed by atoms with Gasteiger partial charge in [0.15, 0.2) is 5.88 Å². The molecule has 2 N–H and O–H groups in total. The van der Waals surface area contributed by atoms with Gasteiger partial charge in [-0.25, -0.2) is 0 Å². The van der Waals surface area contributed by atoms with E-state index in [2.05, 4.69) is 5.59 Å². The van der Waals surface area contributed by atoms with E-state index in [9.17, 15) is 10.1 Å². The topological polar surface area (TPSA) is 95.7 Å². The van der Waals surface area contributed by atoms with E-state index in [1.807, 2.05) is 0 Å². The molecule has 0 amide bonds. The highest BCUT2D eigenvalue weighted by Crippen LogP contribution is 2.16. The number of non-ortho nitro benzene ring substituents is 1. The molecule has 0 aromatic heterocycles. The van der Waals surface area contributed by atoms with Gasteiger partial charge in [-0.15, -0.1) is 0 Å². The lowest BCUT2D eigenvalue weighted by molar-refractivity contribution is -0.384. The normalized spacial score (nSPS) is 14.4. The van der Waals surface area contributed by atoms with Crippen LogP contribution < -0.4 is 5.73 Å². The lowest BCUT2D eigenvalue weighted by Crippen LogP contribution is -2.12. The fraction of sp³-hybridized carbons (Fsp3) is 0.200. The standard InChI is InChI=1S/C10H11N4O3/c11-10-7-13(12-17-10)6-5-8-1-3-9(4-2-8)14(15)16/h1-4,7H,5-6,11H2/q-1. The van der Waals surface area contributed by atoms with Crippen molar-refractivity contribution in [1.82, 2.24) is 5.01 Å². The third-order valence-corrected chi connectivity index (χ3v) is 2.30. The number of hydrogen-bond acceptors (Lipinski definition) is 5. The van der Waals surface area contributed by atoms with Crippen LogP contribution in [-0.4, -0.2) is 16.5 Å². The Morgan fingerprint density at radius 1 is 1.41 bits per heavy atom. The zero-order valence-electron chi connectivity index (χ0n) is 8.94. The molecule has 1 heterocycles. The molecule has 1 aliphatic rings. The van der Waals surface area contributed by atoms with E-state index in [0.717, 1.165) is 5.56 Å². The molecule has 90 valence electrons. The van der Waals surface area contributed by atoms with E-state index in [-0.39, 0.29) is 11.6 Å². The fourth-order valence-electron chi connectivity index (χ4n) is 1.43. The zero-order valence-corrected chi connectivity index (χ0v) is 8.94. The second-order valence-electron chi connectivity index (χ2n) is 3.54. The summed E-state index contributed by atoms with van der Waals surface area (Å²) in [6, 6.07) is 6.42. The number of nitro groups is 1. The van der Waals surface area contributed by atoms with Crippen LogP contribution in [0, 0.1) is 10.1 Å². The van der Waals surface area contributed by atoms with Crippen molar-refractivity contribution < 1.29 is 9.76 Å². The lowest BCUT2D eigenvalue weighted by atomic mass is 10.1. The van der Waals surface area contributed by atoms with Gasteiger partial charge in [0.05, 0.1) is 4.92 Å². The van der Waals surface area contributed by atoms with Crippen molar-refractivity contribution >= 4 is 5.69 Å². The first kappa shape index (κ1) is 11.2. The van der Waals surface area contributed by atoms with Crippen LogP contribution in [0.4, 0.5) is 5.69 Å². The summed E-state index contributed by atoms with van der Waals surface area (Å²) in [5, 5.41) is 12.0. The quantitative estimate of drug-likeness (QED) is 0.629. The maximum atomic E-state index is 10.5. The molecule has 1 aromatic carbocycles. The third-order valence-electron chi connectivity index (χ3n) is 2.30. The first-order valence-corrected chi connectivity index (χ1v) is 5.00. The molecule has 2 rings (SSSR count). The Bertz CT molecular complexity index is 443. The van der Waals surface area contributed by atoms with Crippen molar-refractivity contribution in [3.63, 3.8) is 0 Å². The molecular weight excluding hydrogens is 224 g/mol. The SMILES string of the molecule is NC1=CN(CCc2ccc([N+](=O)[O-])cc2)[N-]O1. The average molecular weight is 235 g/mol. The van der Waals surface area contributed by atoms with Crippen LogP contribution in [0.5, 0.6) is 0 Å². The minimum atomic E-state index is -0.420. The molecule has 0 saturated heterocycles. The van der Waals surface area contributed by atoms with Crippen LogP contribution in [-0.2, 0) is 11.3 Å². The zero-order chi connectivity index (χ0) is 12.3. The van der Waals surface area contributed by atoms with Gasteiger partial charge < -0.3 is 21.2 Å². The van der Waals surface area contributed by atoms with Gasteiger partial charge in [-0.05, 0) is 12.0 Å². The monoisotopic (exact) mass is 235 g/mol. The van der Waals surface area contributed by atoms with E-state index in [1.54, 1.807) is 23.3 Å². The summed E-state index contributed by atoms with van der Waals surface area (Å²) in [4.78, 5) is 14.7. The number of hydrogen-bond donors (Lipinski definition) is 1. The van der Waals surface area contributed by atoms with E-state index < -0.39 is 4.92 Å². The van der Waals surface area contributed by atoms with E-state index in [0.29, 0.717) is 13.0 Å². The predicted octanol–water partition coefficient (Wildman–Crippen LogP) is 1.43. The average Bonchev–Trinajstić information content (AvgIpc) is 2.73. The lowest BCUT2D eigenvalue weighted by Gasteiger charge is -2.27. The highest BCUT2D eigenvalue weighted by atomic mass is 16.7. The molecular formula is C10H11N4O3-. The summed E-state index contributed by atoms with van der Waals surface area (Å²) in [5.41, 5.74) is 10.1. The Kier molecular flexibility index (Phi) is 3.10. The molecule has 0 fully saturated rings. The van der Waals surface area contributed by atoms with Gasteiger partial charge in [0, 0.05) is 24.9 Å². The fourth-order valence-corrected chi connectivity index (χ4v) is 1.43. The Hall–Kier alpha value is -2.28. The summed E-state index contributed by atoms with van der Waals surface area (Å²) < 4.78 is 0. The largest absolute Gasteiger partial charge is 0.557 e. The van der Waals surface area contributed by atoms with Crippen LogP contribution in [0.3, 0.4) is 0 Å². The molecule has 17 heavy (non-hydrogen) atoms. The van der Waals surface area contributed by atoms with E-state index in [1.165, 1.54) is 12.1 Å². The van der Waals surface area contributed by atoms with Crippen molar-refractivity contribution in [2.75, 3.05) is 6.54 Å². The Labute approximate surface area is 97.5 Å². The molecule has 7 nitrogen and oxygen atoms in total. The summed E-state index contributed by atoms with van der Waals surface area (Å²) in [7, 11) is 0. The molecule has 0 spiro atoms. The third kappa shape index (κ3) is 2.85. The van der Waals surface area contributed by atoms with Crippen LogP contribution in [0.1, 0.15) is 5.56 Å². The molecule has 0 radical (unpaired) electrons. The predicted molar refractivity (Wildman–Crippen MR) is 60.2 cm³/mol. The minimum Gasteiger partial charge on any atom is -0.557 e. The second kappa shape index (κ2) is 4.71. The Morgan fingerprint density at radius 2 is 2.12 bits per heavy atom. The van der Waals surface area contributed by atoms with Gasteiger partial charge in [-0.3, -0.25) is 10.1 Å². The number of nitrogens with zero attached hydrogens (tertiary/aromatic N) is 3. The van der Waals surface area contributed by atoms with Gasteiger partial charge >= 0.3 is 0 Å². The van der Waals surface area contributed by atoms with Gasteiger partial charge in [0.2, 0.25) is 0 Å². The molecule has 1 aromatic rings. The van der Waals surface area contributed by atoms with Crippen molar-refractivity contribution in [2.45, 2.75) is 6.42 Å². The molecule has 1 aliphatic heterocycles. The summed E-state index contributed by atoms with van der Waals surface area (Å²) in [6.07, 6.45) is 2.29. The molecule has 7 heteroatoms. The van der Waals surface area contributed by atoms with Crippen LogP contribution in [0.15, 0.2) is 36.3 Å². The number of rotatable bonds is 4. The van der Waals surface area contributed by atoms with Crippen molar-refractivity contribution in [2.24, 2.45) is 5.73 Å². The first-order valence-electron chi connectivity index (χ1n) is 5.00. The number of nitro benzene ring substituents is 1. The number of nitrogens with two attached hydrogens (primary N) is 1. The summed E-state index contributed by atoms with van der Waals surface area (Å²) in [6.45, 7) is 0.610. The highest BCUT2D eigenvalue weighted by molar-refractivity contribution is 5.33.